The summed E-state index contributed by atoms with van der Waals surface area (Å²) in [6.45, 7) is 5.80. The summed E-state index contributed by atoms with van der Waals surface area (Å²) in [5.74, 6) is -1.18. The highest BCUT2D eigenvalue weighted by molar-refractivity contribution is 5.80. The van der Waals surface area contributed by atoms with Gasteiger partial charge in [0.15, 0.2) is 12.4 Å². The van der Waals surface area contributed by atoms with Gasteiger partial charge < -0.3 is 45.1 Å². The van der Waals surface area contributed by atoms with Gasteiger partial charge in [0.25, 0.3) is 0 Å². The Morgan fingerprint density at radius 2 is 0.793 bits per heavy atom. The molecule has 0 aliphatic carbocycles. The van der Waals surface area contributed by atoms with Crippen molar-refractivity contribution in [2.45, 2.75) is 397 Å². The second-order valence-corrected chi connectivity index (χ2v) is 25.7. The SMILES string of the molecule is CCCCC/C=C\C/C=C\C/C=C\C/C=C\CCCCCCCCCCCCC(O)C(=O)NC(COC1OC(CO)C(O)C(O)C1OC(=O)CCCCCCCCCCCCCCCCCCCCCCC)C(O)/C=C/CCCCCCCCCCC. The van der Waals surface area contributed by atoms with Gasteiger partial charge in [0, 0.05) is 6.42 Å². The molecule has 1 fully saturated rings. The van der Waals surface area contributed by atoms with Crippen LogP contribution < -0.4 is 5.32 Å². The van der Waals surface area contributed by atoms with Gasteiger partial charge in [0.2, 0.25) is 5.91 Å². The van der Waals surface area contributed by atoms with Crippen molar-refractivity contribution in [1.29, 1.82) is 0 Å². The first-order valence-electron chi connectivity index (χ1n) is 37.1. The van der Waals surface area contributed by atoms with Gasteiger partial charge in [-0.2, -0.15) is 0 Å². The van der Waals surface area contributed by atoms with Crippen LogP contribution >= 0.6 is 0 Å². The first-order chi connectivity index (χ1) is 42.7. The van der Waals surface area contributed by atoms with Crippen LogP contribution in [0.2, 0.25) is 0 Å². The quantitative estimate of drug-likeness (QED) is 0.0195. The second-order valence-electron chi connectivity index (χ2n) is 25.7. The van der Waals surface area contributed by atoms with Crippen LogP contribution in [0.15, 0.2) is 60.8 Å². The molecule has 0 aromatic carbocycles. The molecule has 6 N–H and O–H groups in total. The van der Waals surface area contributed by atoms with E-state index in [1.807, 2.05) is 6.08 Å². The molecule has 1 saturated heterocycles. The summed E-state index contributed by atoms with van der Waals surface area (Å²) in [6, 6.07) is -1.03. The van der Waals surface area contributed by atoms with Crippen LogP contribution in [0.1, 0.15) is 348 Å². The first-order valence-corrected chi connectivity index (χ1v) is 37.1. The molecule has 0 saturated carbocycles. The number of allylic oxidation sites excluding steroid dienone is 9. The Labute approximate surface area is 535 Å². The number of carbonyl (C=O) groups is 2. The van der Waals surface area contributed by atoms with Crippen molar-refractivity contribution in [2.24, 2.45) is 0 Å². The Kier molecular flexibility index (Phi) is 60.1. The van der Waals surface area contributed by atoms with Crippen LogP contribution in [0.5, 0.6) is 0 Å². The van der Waals surface area contributed by atoms with E-state index in [9.17, 15) is 35.1 Å². The minimum absolute atomic E-state index is 0.127. The third-order valence-corrected chi connectivity index (χ3v) is 17.4. The Bertz CT molecular complexity index is 1650. The highest BCUT2D eigenvalue weighted by Crippen LogP contribution is 2.26. The van der Waals surface area contributed by atoms with E-state index in [4.69, 9.17) is 14.2 Å². The number of unbranched alkanes of at least 4 members (excludes halogenated alkanes) is 42. The number of amides is 1. The van der Waals surface area contributed by atoms with Gasteiger partial charge in [-0.15, -0.1) is 0 Å². The van der Waals surface area contributed by atoms with Crippen molar-refractivity contribution in [1.82, 2.24) is 5.32 Å². The molecule has 0 bridgehead atoms. The number of ether oxygens (including phenoxy) is 3. The highest BCUT2D eigenvalue weighted by atomic mass is 16.7. The van der Waals surface area contributed by atoms with E-state index in [1.165, 1.54) is 218 Å². The van der Waals surface area contributed by atoms with Crippen LogP contribution in [0.25, 0.3) is 0 Å². The van der Waals surface area contributed by atoms with Gasteiger partial charge in [-0.05, 0) is 70.6 Å². The van der Waals surface area contributed by atoms with Crippen molar-refractivity contribution in [3.05, 3.63) is 60.8 Å². The Hall–Kier alpha value is -2.64. The molecular weight excluding hydrogens is 1090 g/mol. The number of hydrogen-bond acceptors (Lipinski definition) is 10. The Balaban J connectivity index is 2.53. The molecule has 508 valence electrons. The van der Waals surface area contributed by atoms with E-state index in [0.29, 0.717) is 12.8 Å². The van der Waals surface area contributed by atoms with E-state index in [1.54, 1.807) is 6.08 Å². The summed E-state index contributed by atoms with van der Waals surface area (Å²) < 4.78 is 17.7. The smallest absolute Gasteiger partial charge is 0.306 e. The molecule has 1 rings (SSSR count). The number of esters is 1. The molecule has 11 nitrogen and oxygen atoms in total. The highest BCUT2D eigenvalue weighted by Gasteiger charge is 2.47. The molecular formula is C76H139NO10. The fourth-order valence-corrected chi connectivity index (χ4v) is 11.6. The lowest BCUT2D eigenvalue weighted by Gasteiger charge is -2.41. The van der Waals surface area contributed by atoms with Gasteiger partial charge in [-0.1, -0.05) is 332 Å². The zero-order valence-corrected chi connectivity index (χ0v) is 56.6. The normalized spacial score (nSPS) is 18.6. The molecule has 87 heavy (non-hydrogen) atoms. The zero-order chi connectivity index (χ0) is 63.1. The summed E-state index contributed by atoms with van der Waals surface area (Å²) in [5.41, 5.74) is 0. The topological polar surface area (TPSA) is 175 Å². The predicted octanol–water partition coefficient (Wildman–Crippen LogP) is 19.3. The van der Waals surface area contributed by atoms with E-state index >= 15 is 0 Å². The average molecular weight is 1230 g/mol. The molecule has 0 aromatic heterocycles. The predicted molar refractivity (Wildman–Crippen MR) is 366 cm³/mol. The van der Waals surface area contributed by atoms with Crippen molar-refractivity contribution in [3.63, 3.8) is 0 Å². The maximum atomic E-state index is 13.5. The number of aliphatic hydroxyl groups is 5. The molecule has 8 unspecified atom stereocenters. The van der Waals surface area contributed by atoms with Crippen molar-refractivity contribution >= 4 is 11.9 Å². The van der Waals surface area contributed by atoms with E-state index in [2.05, 4.69) is 74.7 Å². The van der Waals surface area contributed by atoms with Gasteiger partial charge in [-0.25, -0.2) is 0 Å². The van der Waals surface area contributed by atoms with E-state index in [0.717, 1.165) is 83.5 Å². The fourth-order valence-electron chi connectivity index (χ4n) is 11.6. The first kappa shape index (κ1) is 82.4. The lowest BCUT2D eigenvalue weighted by molar-refractivity contribution is -0.305. The minimum atomic E-state index is -1.61. The lowest BCUT2D eigenvalue weighted by atomic mass is 9.99. The molecule has 0 spiro atoms. The fraction of sp³-hybridized carbons (Fsp3) is 0.842. The second kappa shape index (κ2) is 63.5. The number of aliphatic hydroxyl groups excluding tert-OH is 5. The number of hydrogen-bond donors (Lipinski definition) is 6. The third-order valence-electron chi connectivity index (χ3n) is 17.4. The van der Waals surface area contributed by atoms with Crippen LogP contribution in [-0.4, -0.2) is 99.6 Å². The summed E-state index contributed by atoms with van der Waals surface area (Å²) in [4.78, 5) is 26.7. The molecule has 1 amide bonds. The molecule has 0 radical (unpaired) electrons. The van der Waals surface area contributed by atoms with E-state index in [-0.39, 0.29) is 19.4 Å². The summed E-state index contributed by atoms with van der Waals surface area (Å²) >= 11 is 0. The summed E-state index contributed by atoms with van der Waals surface area (Å²) in [7, 11) is 0. The van der Waals surface area contributed by atoms with Gasteiger partial charge in [-0.3, -0.25) is 9.59 Å². The van der Waals surface area contributed by atoms with Crippen LogP contribution in [0, 0.1) is 0 Å². The summed E-state index contributed by atoms with van der Waals surface area (Å²) in [5, 5.41) is 57.3. The largest absolute Gasteiger partial charge is 0.454 e. The Morgan fingerprint density at radius 3 is 1.21 bits per heavy atom. The van der Waals surface area contributed by atoms with Crippen molar-refractivity contribution < 1.29 is 49.3 Å². The van der Waals surface area contributed by atoms with Gasteiger partial charge in [0.1, 0.15) is 24.4 Å². The van der Waals surface area contributed by atoms with Crippen molar-refractivity contribution in [3.8, 4) is 0 Å². The standard InChI is InChI=1S/C76H139NO10/c1-4-7-10-13-16-19-22-24-26-28-30-32-33-34-35-36-38-39-41-43-45-48-51-54-57-60-63-69(80)75(84)77-67(68(79)62-59-56-53-50-47-21-18-15-12-9-6-3)66-85-76-74(73(83)72(82)70(65-78)86-76)87-71(81)64-61-58-55-52-49-46-44-42-40-37-31-29-27-25-23-20-17-14-11-8-5-2/h16,19,24,26,30,32,34-35,59,62,67-70,72-74,76,78-80,82-83H,4-15,17-18,20-23,25,27-29,31,33,36-58,60-61,63-66H2,1-3H3,(H,77,84)/b19-16-,26-24-,32-30-,35-34-,62-59+. The maximum Gasteiger partial charge on any atom is 0.306 e. The van der Waals surface area contributed by atoms with Crippen LogP contribution in [-0.2, 0) is 23.8 Å². The van der Waals surface area contributed by atoms with Gasteiger partial charge >= 0.3 is 5.97 Å². The van der Waals surface area contributed by atoms with Crippen LogP contribution in [0.3, 0.4) is 0 Å². The lowest BCUT2D eigenvalue weighted by Crippen LogP contribution is -2.61. The number of nitrogens with one attached hydrogen (secondary N) is 1. The molecule has 11 heteroatoms. The van der Waals surface area contributed by atoms with Crippen LogP contribution in [0.4, 0.5) is 0 Å². The van der Waals surface area contributed by atoms with Gasteiger partial charge in [0.05, 0.1) is 25.4 Å². The minimum Gasteiger partial charge on any atom is -0.454 e. The number of carbonyl (C=O) groups excluding carboxylic acids is 2. The Morgan fingerprint density at radius 1 is 0.448 bits per heavy atom. The monoisotopic (exact) mass is 1230 g/mol. The maximum absolute atomic E-state index is 13.5. The van der Waals surface area contributed by atoms with E-state index < -0.39 is 67.4 Å². The molecule has 0 aromatic rings. The molecule has 1 heterocycles. The zero-order valence-electron chi connectivity index (χ0n) is 56.6. The molecule has 1 aliphatic heterocycles. The molecule has 1 aliphatic rings. The third kappa shape index (κ3) is 50.7. The summed E-state index contributed by atoms with van der Waals surface area (Å²) in [6.07, 6.45) is 71.2. The number of rotatable bonds is 64. The van der Waals surface area contributed by atoms with Crippen molar-refractivity contribution in [2.75, 3.05) is 13.2 Å². The average Bonchev–Trinajstić information content (AvgIpc) is 1.30. The molecule has 8 atom stereocenters.